The molecule has 1 saturated heterocycles. The van der Waals surface area contributed by atoms with Crippen molar-refractivity contribution in [1.82, 2.24) is 39.6 Å². The highest BCUT2D eigenvalue weighted by Gasteiger charge is 2.31. The molecule has 274 valence electrons. The summed E-state index contributed by atoms with van der Waals surface area (Å²) in [6, 6.07) is 22.6. The first kappa shape index (κ1) is 36.6. The SMILES string of the molecule is COc1ccc(-n2cnnn2)cc1C(=O)N(C)CC(CCN1CCC(C(=O)c2nc3ccccc3n2CCOCC(F)(F)F)CC1)c1ccccc1. The van der Waals surface area contributed by atoms with E-state index in [-0.39, 0.29) is 42.5 Å². The second-order valence-electron chi connectivity index (χ2n) is 12.9. The van der Waals surface area contributed by atoms with Gasteiger partial charge in [0.25, 0.3) is 5.91 Å². The van der Waals surface area contributed by atoms with E-state index in [1.165, 1.54) is 18.1 Å². The Morgan fingerprint density at radius 2 is 1.75 bits per heavy atom. The standard InChI is InChI=1S/C37H41F3N8O4/c1-45(36(50)30-22-29(12-13-33(30)51-2)48-25-41-43-44-48)23-28(26-8-4-3-5-9-26)16-19-46-17-14-27(15-18-46)34(49)35-42-31-10-6-7-11-32(31)47(35)20-21-52-24-37(38,39)40/h3-13,22,25,27-28H,14-21,23-24H2,1-2H3. The highest BCUT2D eigenvalue weighted by atomic mass is 19.4. The van der Waals surface area contributed by atoms with Crippen LogP contribution in [-0.2, 0) is 11.3 Å². The molecule has 1 aliphatic rings. The number of fused-ring (bicyclic) bond motifs is 1. The van der Waals surface area contributed by atoms with E-state index >= 15 is 0 Å². The molecule has 2 aromatic heterocycles. The van der Waals surface area contributed by atoms with Crippen molar-refractivity contribution >= 4 is 22.7 Å². The molecule has 1 atom stereocenters. The third-order valence-corrected chi connectivity index (χ3v) is 9.49. The number of hydrogen-bond acceptors (Lipinski definition) is 9. The van der Waals surface area contributed by atoms with Crippen molar-refractivity contribution in [1.29, 1.82) is 0 Å². The number of Topliss-reactive ketones (excluding diaryl/α,β-unsaturated/α-hetero) is 1. The van der Waals surface area contributed by atoms with E-state index in [1.807, 2.05) is 36.4 Å². The molecule has 1 amide bonds. The summed E-state index contributed by atoms with van der Waals surface area (Å²) in [5.41, 5.74) is 3.47. The number of tetrazole rings is 1. The normalized spacial score (nSPS) is 14.8. The van der Waals surface area contributed by atoms with E-state index in [0.29, 0.717) is 60.5 Å². The zero-order valence-electron chi connectivity index (χ0n) is 29.1. The van der Waals surface area contributed by atoms with Crippen LogP contribution in [0.5, 0.6) is 5.75 Å². The van der Waals surface area contributed by atoms with E-state index in [1.54, 1.807) is 40.8 Å². The number of ketones is 1. The molecule has 15 heteroatoms. The predicted octanol–water partition coefficient (Wildman–Crippen LogP) is 5.44. The van der Waals surface area contributed by atoms with Crippen molar-refractivity contribution in [3.63, 3.8) is 0 Å². The first-order valence-electron chi connectivity index (χ1n) is 17.2. The van der Waals surface area contributed by atoms with Gasteiger partial charge in [-0.2, -0.15) is 13.2 Å². The molecule has 5 aromatic rings. The van der Waals surface area contributed by atoms with Crippen molar-refractivity contribution in [2.45, 2.75) is 37.9 Å². The summed E-state index contributed by atoms with van der Waals surface area (Å²) in [4.78, 5) is 36.3. The van der Waals surface area contributed by atoms with Crippen LogP contribution in [0.3, 0.4) is 0 Å². The number of rotatable bonds is 15. The van der Waals surface area contributed by atoms with Crippen LogP contribution < -0.4 is 4.74 Å². The molecule has 3 aromatic carbocycles. The van der Waals surface area contributed by atoms with Gasteiger partial charge in [0.2, 0.25) is 5.78 Å². The number of para-hydroxylation sites is 2. The molecule has 1 aliphatic heterocycles. The number of halogens is 3. The lowest BCUT2D eigenvalue weighted by atomic mass is 9.90. The van der Waals surface area contributed by atoms with E-state index < -0.39 is 12.8 Å². The van der Waals surface area contributed by atoms with Gasteiger partial charge in [0, 0.05) is 32.0 Å². The molecule has 12 nitrogen and oxygen atoms in total. The van der Waals surface area contributed by atoms with E-state index in [2.05, 4.69) is 37.5 Å². The molecular weight excluding hydrogens is 677 g/mol. The molecule has 0 spiro atoms. The molecule has 0 bridgehead atoms. The van der Waals surface area contributed by atoms with Crippen molar-refractivity contribution in [3.05, 3.63) is 96.1 Å². The maximum Gasteiger partial charge on any atom is 0.411 e. The van der Waals surface area contributed by atoms with E-state index in [9.17, 15) is 22.8 Å². The number of nitrogens with zero attached hydrogens (tertiary/aromatic N) is 8. The second kappa shape index (κ2) is 16.5. The summed E-state index contributed by atoms with van der Waals surface area (Å²) in [7, 11) is 3.31. The van der Waals surface area contributed by atoms with Crippen LogP contribution >= 0.6 is 0 Å². The number of imidazole rings is 1. The Morgan fingerprint density at radius 3 is 2.46 bits per heavy atom. The molecule has 1 fully saturated rings. The number of methoxy groups -OCH3 is 1. The number of carbonyl (C=O) groups excluding carboxylic acids is 2. The second-order valence-corrected chi connectivity index (χ2v) is 12.9. The van der Waals surface area contributed by atoms with Crippen LogP contribution in [0.25, 0.3) is 16.7 Å². The first-order valence-corrected chi connectivity index (χ1v) is 17.2. The Labute approximate surface area is 299 Å². The van der Waals surface area contributed by atoms with E-state index in [0.717, 1.165) is 18.5 Å². The molecular formula is C37H41F3N8O4. The summed E-state index contributed by atoms with van der Waals surface area (Å²) in [5, 5.41) is 11.3. The summed E-state index contributed by atoms with van der Waals surface area (Å²) in [6.07, 6.45) is -0.897. The molecule has 3 heterocycles. The minimum atomic E-state index is -4.42. The van der Waals surface area contributed by atoms with Gasteiger partial charge in [-0.05, 0) is 85.2 Å². The molecule has 0 aliphatic carbocycles. The van der Waals surface area contributed by atoms with Gasteiger partial charge in [-0.15, -0.1) is 5.10 Å². The van der Waals surface area contributed by atoms with E-state index in [4.69, 9.17) is 9.47 Å². The fourth-order valence-electron chi connectivity index (χ4n) is 6.77. The Bertz CT molecular complexity index is 1940. The van der Waals surface area contributed by atoms with Gasteiger partial charge < -0.3 is 23.8 Å². The number of carbonyl (C=O) groups is 2. The Hall–Kier alpha value is -5.15. The number of aromatic nitrogens is 6. The predicted molar refractivity (Wildman–Crippen MR) is 187 cm³/mol. The van der Waals surface area contributed by atoms with Crippen LogP contribution in [-0.4, -0.2) is 111 Å². The van der Waals surface area contributed by atoms with Gasteiger partial charge in [-0.3, -0.25) is 9.59 Å². The lowest BCUT2D eigenvalue weighted by molar-refractivity contribution is -0.174. The minimum Gasteiger partial charge on any atom is -0.496 e. The summed E-state index contributed by atoms with van der Waals surface area (Å²) >= 11 is 0. The average Bonchev–Trinajstić information content (AvgIpc) is 3.83. The number of piperidine rings is 1. The van der Waals surface area contributed by atoms with Crippen LogP contribution in [0.2, 0.25) is 0 Å². The number of likely N-dealkylation sites (N-methyl/N-ethyl adjacent to an activating group) is 1. The number of hydrogen-bond donors (Lipinski definition) is 0. The quantitative estimate of drug-likeness (QED) is 0.103. The van der Waals surface area contributed by atoms with Crippen molar-refractivity contribution in [2.75, 3.05) is 53.6 Å². The molecule has 0 saturated carbocycles. The number of amides is 1. The van der Waals surface area contributed by atoms with Crippen LogP contribution in [0.4, 0.5) is 13.2 Å². The number of alkyl halides is 3. The molecule has 0 N–H and O–H groups in total. The van der Waals surface area contributed by atoms with Crippen molar-refractivity contribution < 1.29 is 32.2 Å². The molecule has 1 unspecified atom stereocenters. The van der Waals surface area contributed by atoms with Gasteiger partial charge in [0.1, 0.15) is 18.7 Å². The minimum absolute atomic E-state index is 0.0441. The largest absolute Gasteiger partial charge is 0.496 e. The van der Waals surface area contributed by atoms with Crippen molar-refractivity contribution in [2.24, 2.45) is 5.92 Å². The maximum absolute atomic E-state index is 13.8. The zero-order valence-corrected chi connectivity index (χ0v) is 29.1. The number of benzene rings is 3. The van der Waals surface area contributed by atoms with Gasteiger partial charge in [0.15, 0.2) is 5.82 Å². The molecule has 52 heavy (non-hydrogen) atoms. The highest BCUT2D eigenvalue weighted by Crippen LogP contribution is 2.29. The van der Waals surface area contributed by atoms with Crippen molar-refractivity contribution in [3.8, 4) is 11.4 Å². The Kier molecular flexibility index (Phi) is 11.6. The first-order chi connectivity index (χ1) is 25.1. The molecule has 0 radical (unpaired) electrons. The maximum atomic E-state index is 13.8. The van der Waals surface area contributed by atoms with Crippen LogP contribution in [0.15, 0.2) is 79.1 Å². The number of ether oxygens (including phenoxy) is 2. The van der Waals surface area contributed by atoms with Gasteiger partial charge in [0.05, 0.1) is 36.0 Å². The van der Waals surface area contributed by atoms with Crippen LogP contribution in [0, 0.1) is 5.92 Å². The molecule has 6 rings (SSSR count). The average molecular weight is 719 g/mol. The fraction of sp³-hybridized carbons (Fsp3) is 0.405. The Morgan fingerprint density at radius 1 is 1.00 bits per heavy atom. The topological polar surface area (TPSA) is 120 Å². The summed E-state index contributed by atoms with van der Waals surface area (Å²) in [5.74, 6) is 0.205. The Balaban J connectivity index is 1.08. The van der Waals surface area contributed by atoms with Crippen LogP contribution in [0.1, 0.15) is 51.7 Å². The monoisotopic (exact) mass is 718 g/mol. The van der Waals surface area contributed by atoms with Gasteiger partial charge in [-0.25, -0.2) is 9.67 Å². The third-order valence-electron chi connectivity index (χ3n) is 9.49. The van der Waals surface area contributed by atoms with Gasteiger partial charge in [-0.1, -0.05) is 42.5 Å². The fourth-order valence-corrected chi connectivity index (χ4v) is 6.77. The lowest BCUT2D eigenvalue weighted by Gasteiger charge is -2.33. The highest BCUT2D eigenvalue weighted by molar-refractivity contribution is 5.98. The zero-order chi connectivity index (χ0) is 36.7. The summed E-state index contributed by atoms with van der Waals surface area (Å²) in [6.45, 7) is 1.22. The smallest absolute Gasteiger partial charge is 0.411 e. The van der Waals surface area contributed by atoms with Gasteiger partial charge >= 0.3 is 6.18 Å². The third kappa shape index (κ3) is 8.83. The lowest BCUT2D eigenvalue weighted by Crippen LogP contribution is -2.39. The summed E-state index contributed by atoms with van der Waals surface area (Å²) < 4.78 is 51.5. The number of likely N-dealkylation sites (tertiary alicyclic amines) is 1.